The number of nitrogens with zero attached hydrogens (tertiary/aromatic N) is 1. The lowest BCUT2D eigenvalue weighted by Crippen LogP contribution is -2.22. The van der Waals surface area contributed by atoms with E-state index in [-0.39, 0.29) is 0 Å². The summed E-state index contributed by atoms with van der Waals surface area (Å²) in [6.07, 6.45) is 4.96. The predicted molar refractivity (Wildman–Crippen MR) is 151 cm³/mol. The second-order valence-corrected chi connectivity index (χ2v) is 11.7. The van der Waals surface area contributed by atoms with E-state index < -0.39 is 7.60 Å². The third-order valence-electron chi connectivity index (χ3n) is 5.99. The first-order valence-electron chi connectivity index (χ1n) is 12.8. The van der Waals surface area contributed by atoms with Gasteiger partial charge in [0.1, 0.15) is 0 Å². The molecular formula is C30H34NO3PS. The Balaban J connectivity index is 1.55. The zero-order valence-electron chi connectivity index (χ0n) is 21.3. The second kappa shape index (κ2) is 12.7. The summed E-state index contributed by atoms with van der Waals surface area (Å²) in [6.45, 7) is 7.56. The fraction of sp³-hybridized carbons (Fsp3) is 0.333. The van der Waals surface area contributed by atoms with Gasteiger partial charge in [-0.15, -0.1) is 0 Å². The second-order valence-electron chi connectivity index (χ2n) is 8.59. The Hall–Kier alpha value is -2.48. The van der Waals surface area contributed by atoms with Crippen molar-refractivity contribution in [2.75, 3.05) is 24.7 Å². The molecule has 0 amide bonds. The van der Waals surface area contributed by atoms with Gasteiger partial charge >= 0.3 is 7.60 Å². The van der Waals surface area contributed by atoms with Crippen LogP contribution in [0.4, 0.5) is 11.4 Å². The minimum Gasteiger partial charge on any atom is -0.340 e. The average Bonchev–Trinajstić information content (AvgIpc) is 2.89. The fourth-order valence-corrected chi connectivity index (χ4v) is 6.95. The topological polar surface area (TPSA) is 38.8 Å². The number of hydrogen-bond acceptors (Lipinski definition) is 5. The number of rotatable bonds is 10. The van der Waals surface area contributed by atoms with E-state index in [1.807, 2.05) is 37.7 Å². The molecule has 0 bridgehead atoms. The molecule has 0 saturated carbocycles. The first kappa shape index (κ1) is 26.6. The van der Waals surface area contributed by atoms with E-state index in [4.69, 9.17) is 9.05 Å². The number of hydrogen-bond donors (Lipinski definition) is 0. The molecule has 0 aromatic heterocycles. The zero-order valence-corrected chi connectivity index (χ0v) is 23.0. The number of unbranched alkanes of at least 4 members (excludes halogenated alkanes) is 3. The minimum absolute atomic E-state index is 0.329. The van der Waals surface area contributed by atoms with Crippen molar-refractivity contribution in [1.82, 2.24) is 0 Å². The average molecular weight is 520 g/mol. The van der Waals surface area contributed by atoms with Crippen LogP contribution in [0.5, 0.6) is 0 Å². The van der Waals surface area contributed by atoms with Crippen molar-refractivity contribution in [1.29, 1.82) is 0 Å². The van der Waals surface area contributed by atoms with E-state index in [1.54, 1.807) is 12.1 Å². The van der Waals surface area contributed by atoms with Crippen molar-refractivity contribution >= 4 is 36.0 Å². The Morgan fingerprint density at radius 3 is 2.17 bits per heavy atom. The Kier molecular flexibility index (Phi) is 9.35. The van der Waals surface area contributed by atoms with Crippen molar-refractivity contribution in [2.24, 2.45) is 0 Å². The molecule has 0 N–H and O–H groups in total. The molecule has 3 aromatic rings. The number of para-hydroxylation sites is 1. The molecule has 36 heavy (non-hydrogen) atoms. The molecule has 0 aliphatic carbocycles. The van der Waals surface area contributed by atoms with Crippen LogP contribution in [-0.4, -0.2) is 19.8 Å². The Labute approximate surface area is 219 Å². The molecule has 0 atom stereocenters. The maximum absolute atomic E-state index is 13.0. The van der Waals surface area contributed by atoms with Gasteiger partial charge in [-0.3, -0.25) is 4.57 Å². The van der Waals surface area contributed by atoms with Gasteiger partial charge in [0.05, 0.1) is 29.9 Å². The summed E-state index contributed by atoms with van der Waals surface area (Å²) >= 11 is 1.81. The van der Waals surface area contributed by atoms with Crippen LogP contribution >= 0.6 is 19.4 Å². The first-order chi connectivity index (χ1) is 17.6. The van der Waals surface area contributed by atoms with E-state index in [9.17, 15) is 4.57 Å². The summed E-state index contributed by atoms with van der Waals surface area (Å²) in [6, 6.07) is 22.4. The molecule has 1 aliphatic heterocycles. The summed E-state index contributed by atoms with van der Waals surface area (Å²) in [7, 11) is -3.28. The van der Waals surface area contributed by atoms with Gasteiger partial charge in [-0.1, -0.05) is 61.9 Å². The molecule has 0 saturated heterocycles. The normalized spacial score (nSPS) is 12.5. The van der Waals surface area contributed by atoms with Gasteiger partial charge in [-0.05, 0) is 74.9 Å². The third kappa shape index (κ3) is 6.25. The van der Waals surface area contributed by atoms with Crippen molar-refractivity contribution in [3.05, 3.63) is 77.9 Å². The summed E-state index contributed by atoms with van der Waals surface area (Å²) in [5.41, 5.74) is 4.38. The van der Waals surface area contributed by atoms with Crippen LogP contribution in [0, 0.1) is 11.8 Å². The molecule has 0 fully saturated rings. The quantitative estimate of drug-likeness (QED) is 0.153. The SMILES string of the molecule is CCCCCCN1c2ccccc2Sc2cc(C#Cc3ccc(P(=O)(OCC)OCC)cc3)ccc21. The highest BCUT2D eigenvalue weighted by atomic mass is 32.2. The molecule has 0 unspecified atom stereocenters. The molecule has 1 aliphatic rings. The maximum Gasteiger partial charge on any atom is 0.361 e. The standard InChI is InChI=1S/C30H34NO3PS/c1-4-7-8-11-22-31-27-12-9-10-13-29(27)36-30-23-25(18-21-28(30)31)15-14-24-16-19-26(20-17-24)35(32,33-5-2)34-6-3/h9-10,12-13,16-21,23H,4-8,11,22H2,1-3H3. The smallest absolute Gasteiger partial charge is 0.340 e. The summed E-state index contributed by atoms with van der Waals surface area (Å²) in [4.78, 5) is 4.98. The molecule has 3 aromatic carbocycles. The number of anilines is 2. The van der Waals surface area contributed by atoms with Crippen molar-refractivity contribution in [3.8, 4) is 11.8 Å². The summed E-state index contributed by atoms with van der Waals surface area (Å²) in [5, 5.41) is 0.555. The first-order valence-corrected chi connectivity index (χ1v) is 15.1. The highest BCUT2D eigenvalue weighted by Crippen LogP contribution is 2.48. The monoisotopic (exact) mass is 519 g/mol. The maximum atomic E-state index is 13.0. The van der Waals surface area contributed by atoms with Crippen LogP contribution in [0.3, 0.4) is 0 Å². The molecule has 188 valence electrons. The Morgan fingerprint density at radius 2 is 1.44 bits per heavy atom. The highest BCUT2D eigenvalue weighted by molar-refractivity contribution is 7.99. The van der Waals surface area contributed by atoms with Gasteiger partial charge in [-0.25, -0.2) is 0 Å². The van der Waals surface area contributed by atoms with Crippen LogP contribution in [0.15, 0.2) is 76.5 Å². The van der Waals surface area contributed by atoms with E-state index >= 15 is 0 Å². The number of fused-ring (bicyclic) bond motifs is 2. The van der Waals surface area contributed by atoms with E-state index in [1.165, 1.54) is 46.8 Å². The lowest BCUT2D eigenvalue weighted by molar-refractivity contribution is 0.230. The largest absolute Gasteiger partial charge is 0.361 e. The van der Waals surface area contributed by atoms with Gasteiger partial charge in [0, 0.05) is 27.5 Å². The van der Waals surface area contributed by atoms with Crippen molar-refractivity contribution in [3.63, 3.8) is 0 Å². The summed E-state index contributed by atoms with van der Waals surface area (Å²) in [5.74, 6) is 6.55. The third-order valence-corrected chi connectivity index (χ3v) is 9.23. The molecule has 4 nitrogen and oxygen atoms in total. The molecule has 6 heteroatoms. The summed E-state index contributed by atoms with van der Waals surface area (Å²) < 4.78 is 23.8. The van der Waals surface area contributed by atoms with Crippen LogP contribution in [0.25, 0.3) is 0 Å². The van der Waals surface area contributed by atoms with Gasteiger partial charge in [-0.2, -0.15) is 0 Å². The van der Waals surface area contributed by atoms with Crippen LogP contribution < -0.4 is 10.2 Å². The molecule has 4 rings (SSSR count). The van der Waals surface area contributed by atoms with Crippen LogP contribution in [0.2, 0.25) is 0 Å². The minimum atomic E-state index is -3.28. The van der Waals surface area contributed by atoms with Gasteiger partial charge in [0.2, 0.25) is 0 Å². The Morgan fingerprint density at radius 1 is 0.778 bits per heavy atom. The van der Waals surface area contributed by atoms with Gasteiger partial charge in [0.15, 0.2) is 0 Å². The molecule has 0 spiro atoms. The lowest BCUT2D eigenvalue weighted by atomic mass is 10.1. The molecular weight excluding hydrogens is 485 g/mol. The number of benzene rings is 3. The van der Waals surface area contributed by atoms with Gasteiger partial charge in [0.25, 0.3) is 0 Å². The predicted octanol–water partition coefficient (Wildman–Crippen LogP) is 8.16. The fourth-order valence-electron chi connectivity index (χ4n) is 4.25. The Bertz CT molecular complexity index is 1270. The van der Waals surface area contributed by atoms with E-state index in [0.717, 1.165) is 17.7 Å². The molecule has 0 radical (unpaired) electrons. The molecule has 1 heterocycles. The van der Waals surface area contributed by atoms with Crippen molar-refractivity contribution in [2.45, 2.75) is 56.2 Å². The van der Waals surface area contributed by atoms with Crippen molar-refractivity contribution < 1.29 is 13.6 Å². The van der Waals surface area contributed by atoms with E-state index in [0.29, 0.717) is 18.5 Å². The van der Waals surface area contributed by atoms with E-state index in [2.05, 4.69) is 66.1 Å². The van der Waals surface area contributed by atoms with Crippen LogP contribution in [0.1, 0.15) is 57.6 Å². The highest BCUT2D eigenvalue weighted by Gasteiger charge is 2.26. The van der Waals surface area contributed by atoms with Gasteiger partial charge < -0.3 is 13.9 Å². The zero-order chi connectivity index (χ0) is 25.4. The lowest BCUT2D eigenvalue weighted by Gasteiger charge is -2.33. The van der Waals surface area contributed by atoms with Crippen LogP contribution in [-0.2, 0) is 13.6 Å².